The van der Waals surface area contributed by atoms with Crippen LogP contribution >= 0.6 is 0 Å². The third kappa shape index (κ3) is 5.49. The highest BCUT2D eigenvalue weighted by molar-refractivity contribution is 5.89. The van der Waals surface area contributed by atoms with Gasteiger partial charge in [0.15, 0.2) is 0 Å². The van der Waals surface area contributed by atoms with Crippen LogP contribution in [0.1, 0.15) is 162 Å². The Kier molecular flexibility index (Phi) is 9.08. The molecule has 0 amide bonds. The number of ether oxygens (including phenoxy) is 2. The van der Waals surface area contributed by atoms with Crippen molar-refractivity contribution in [3.8, 4) is 0 Å². The van der Waals surface area contributed by atoms with Crippen LogP contribution < -0.4 is 0 Å². The van der Waals surface area contributed by atoms with Gasteiger partial charge in [-0.2, -0.15) is 0 Å². The summed E-state index contributed by atoms with van der Waals surface area (Å²) in [6, 6.07) is 0. The molecule has 15 atom stereocenters. The molecular weight excluding hydrogens is 673 g/mol. The van der Waals surface area contributed by atoms with E-state index in [1.54, 1.807) is 0 Å². The summed E-state index contributed by atoms with van der Waals surface area (Å²) in [6.45, 7) is 8.82. The molecule has 54 heavy (non-hydrogen) atoms. The molecule has 0 aromatic carbocycles. The van der Waals surface area contributed by atoms with E-state index in [1.807, 2.05) is 6.92 Å². The zero-order valence-corrected chi connectivity index (χ0v) is 34.3. The average molecular weight is 747 g/mol. The van der Waals surface area contributed by atoms with Crippen LogP contribution in [0.3, 0.4) is 0 Å². The van der Waals surface area contributed by atoms with E-state index in [1.165, 1.54) is 64.2 Å². The molecule has 10 rings (SSSR count). The summed E-state index contributed by atoms with van der Waals surface area (Å²) in [4.78, 5) is 27.3. The van der Waals surface area contributed by atoms with Gasteiger partial charge in [-0.3, -0.25) is 9.59 Å². The van der Waals surface area contributed by atoms with Gasteiger partial charge < -0.3 is 19.7 Å². The molecule has 10 aliphatic carbocycles. The Labute approximate surface area is 326 Å². The number of ketones is 2. The molecular formula is C48H74O6. The van der Waals surface area contributed by atoms with Crippen molar-refractivity contribution in [2.24, 2.45) is 86.8 Å². The molecule has 10 saturated carbocycles. The lowest BCUT2D eigenvalue weighted by Crippen LogP contribution is -2.58. The maximum atomic E-state index is 14.3. The van der Waals surface area contributed by atoms with Crippen molar-refractivity contribution >= 4 is 11.6 Å². The minimum absolute atomic E-state index is 0.0640. The van der Waals surface area contributed by atoms with E-state index in [0.717, 1.165) is 94.8 Å². The Morgan fingerprint density at radius 3 is 1.70 bits per heavy atom. The predicted octanol–water partition coefficient (Wildman–Crippen LogP) is 9.12. The first-order chi connectivity index (χ1) is 25.9. The number of hydrogen-bond acceptors (Lipinski definition) is 6. The van der Waals surface area contributed by atoms with Crippen molar-refractivity contribution in [2.75, 3.05) is 26.4 Å². The summed E-state index contributed by atoms with van der Waals surface area (Å²) in [5, 5.41) is 23.7. The van der Waals surface area contributed by atoms with Gasteiger partial charge in [0, 0.05) is 36.4 Å². The van der Waals surface area contributed by atoms with E-state index < -0.39 is 11.2 Å². The highest BCUT2D eigenvalue weighted by atomic mass is 16.5. The number of rotatable bonds is 10. The standard InChI is InChI=1S/C48H74O6/c1-4-53-28-45(51)20-22-48(32-7-8-32)34(26-45)10-12-36-39(48)16-19-44(3)40(36)25-30(42(44)50)17-24-54-29-46(52)21-23-47(31-5-6-31)33(27-46)9-11-35-37-13-14-41(49)43(37,2)18-15-38(35)47/h30-40,51-52H,4-29H2,1-3H3/t30?,33-,34-,35+,36-,37+,38+,39+,40+,43+,44+,45+,46-,47-,48-/m1/s1. The lowest BCUT2D eigenvalue weighted by Gasteiger charge is -2.63. The molecule has 0 saturated heterocycles. The molecule has 6 heteroatoms. The predicted molar refractivity (Wildman–Crippen MR) is 208 cm³/mol. The van der Waals surface area contributed by atoms with Crippen molar-refractivity contribution in [1.82, 2.24) is 0 Å². The van der Waals surface area contributed by atoms with Crippen LogP contribution in [0.15, 0.2) is 0 Å². The van der Waals surface area contributed by atoms with Gasteiger partial charge in [0.05, 0.1) is 24.4 Å². The molecule has 10 aliphatic rings. The molecule has 302 valence electrons. The zero-order chi connectivity index (χ0) is 37.3. The summed E-state index contributed by atoms with van der Waals surface area (Å²) in [5.41, 5.74) is -0.925. The lowest BCUT2D eigenvalue weighted by atomic mass is 9.42. The monoisotopic (exact) mass is 747 g/mol. The van der Waals surface area contributed by atoms with Crippen molar-refractivity contribution in [3.05, 3.63) is 0 Å². The maximum Gasteiger partial charge on any atom is 0.142 e. The van der Waals surface area contributed by atoms with Gasteiger partial charge in [-0.1, -0.05) is 13.8 Å². The number of aliphatic hydroxyl groups is 2. The highest BCUT2D eigenvalue weighted by Gasteiger charge is 2.68. The normalized spacial score (nSPS) is 53.9. The lowest BCUT2D eigenvalue weighted by molar-refractivity contribution is -0.179. The van der Waals surface area contributed by atoms with E-state index >= 15 is 0 Å². The summed E-state index contributed by atoms with van der Waals surface area (Å²) in [7, 11) is 0. The Morgan fingerprint density at radius 1 is 0.593 bits per heavy atom. The van der Waals surface area contributed by atoms with Gasteiger partial charge in [-0.05, 0) is 212 Å². The van der Waals surface area contributed by atoms with Gasteiger partial charge in [0.2, 0.25) is 0 Å². The fourth-order valence-electron chi connectivity index (χ4n) is 18.0. The van der Waals surface area contributed by atoms with Crippen molar-refractivity contribution in [2.45, 2.75) is 173 Å². The minimum atomic E-state index is -0.750. The largest absolute Gasteiger partial charge is 0.387 e. The van der Waals surface area contributed by atoms with Crippen molar-refractivity contribution < 1.29 is 29.3 Å². The van der Waals surface area contributed by atoms with Crippen LogP contribution in [0.4, 0.5) is 0 Å². The second-order valence-corrected chi connectivity index (χ2v) is 22.6. The fraction of sp³-hybridized carbons (Fsp3) is 0.958. The Morgan fingerprint density at radius 2 is 1.13 bits per heavy atom. The van der Waals surface area contributed by atoms with E-state index in [2.05, 4.69) is 13.8 Å². The van der Waals surface area contributed by atoms with Gasteiger partial charge >= 0.3 is 0 Å². The van der Waals surface area contributed by atoms with E-state index in [9.17, 15) is 19.8 Å². The summed E-state index contributed by atoms with van der Waals surface area (Å²) >= 11 is 0. The van der Waals surface area contributed by atoms with Crippen LogP contribution in [0.2, 0.25) is 0 Å². The third-order valence-electron chi connectivity index (χ3n) is 20.6. The molecule has 0 aromatic rings. The second-order valence-electron chi connectivity index (χ2n) is 22.6. The molecule has 0 radical (unpaired) electrons. The summed E-state index contributed by atoms with van der Waals surface area (Å²) in [6.07, 6.45) is 24.5. The maximum absolute atomic E-state index is 14.3. The molecule has 6 nitrogen and oxygen atoms in total. The van der Waals surface area contributed by atoms with Gasteiger partial charge in [-0.15, -0.1) is 0 Å². The minimum Gasteiger partial charge on any atom is -0.387 e. The first kappa shape index (κ1) is 37.5. The van der Waals surface area contributed by atoms with E-state index in [-0.39, 0.29) is 16.7 Å². The fourth-order valence-corrected chi connectivity index (χ4v) is 18.0. The third-order valence-corrected chi connectivity index (χ3v) is 20.6. The molecule has 0 aromatic heterocycles. The highest BCUT2D eigenvalue weighted by Crippen LogP contribution is 2.73. The first-order valence-corrected chi connectivity index (χ1v) is 23.6. The average Bonchev–Trinajstić information content (AvgIpc) is 4.10. The number of hydrogen-bond donors (Lipinski definition) is 2. The van der Waals surface area contributed by atoms with Gasteiger partial charge in [0.1, 0.15) is 11.6 Å². The van der Waals surface area contributed by atoms with Crippen molar-refractivity contribution in [3.63, 3.8) is 0 Å². The zero-order valence-electron chi connectivity index (χ0n) is 34.3. The van der Waals surface area contributed by atoms with Gasteiger partial charge in [-0.25, -0.2) is 0 Å². The number of carbonyl (C=O) groups excluding carboxylic acids is 2. The SMILES string of the molecule is CCOC[C@]1(O)CC[C@@]2(C3CC3)[C@H](CC[C@@H]3[C@@H]2CC[C@]2(C)C(=O)C(CCOC[C@@]4(O)CC[C@@]5(C6CC6)[C@H](CC[C@@H]6[C@@H]5CC[C@]5(C)C(=O)CC[C@@H]65)C4)C[C@@H]32)C1. The number of fused-ring (bicyclic) bond motifs is 10. The molecule has 0 aliphatic heterocycles. The topological polar surface area (TPSA) is 93.1 Å². The number of Topliss-reactive ketones (excluding diaryl/α,β-unsaturated/α-hetero) is 2. The summed E-state index contributed by atoms with van der Waals surface area (Å²) < 4.78 is 12.3. The summed E-state index contributed by atoms with van der Waals surface area (Å²) in [5.74, 6) is 7.87. The van der Waals surface area contributed by atoms with Crippen LogP contribution in [-0.2, 0) is 19.1 Å². The molecule has 2 N–H and O–H groups in total. The van der Waals surface area contributed by atoms with Crippen LogP contribution in [0, 0.1) is 86.8 Å². The van der Waals surface area contributed by atoms with Gasteiger partial charge in [0.25, 0.3) is 0 Å². The van der Waals surface area contributed by atoms with Crippen LogP contribution in [0.25, 0.3) is 0 Å². The van der Waals surface area contributed by atoms with E-state index in [0.29, 0.717) is 90.2 Å². The number of carbonyl (C=O) groups is 2. The second kappa shape index (κ2) is 13.1. The Bertz CT molecular complexity index is 1490. The Hall–Kier alpha value is -0.820. The molecule has 0 spiro atoms. The first-order valence-electron chi connectivity index (χ1n) is 23.6. The Balaban J connectivity index is 0.767. The molecule has 0 heterocycles. The van der Waals surface area contributed by atoms with Crippen molar-refractivity contribution in [1.29, 1.82) is 0 Å². The quantitative estimate of drug-likeness (QED) is 0.217. The van der Waals surface area contributed by atoms with E-state index in [4.69, 9.17) is 9.47 Å². The van der Waals surface area contributed by atoms with Crippen LogP contribution in [-0.4, -0.2) is 59.4 Å². The molecule has 10 fully saturated rings. The molecule has 1 unspecified atom stereocenters. The molecule has 0 bridgehead atoms. The van der Waals surface area contributed by atoms with Crippen LogP contribution in [0.5, 0.6) is 0 Å². The smallest absolute Gasteiger partial charge is 0.142 e.